The van der Waals surface area contributed by atoms with Crippen LogP contribution in [0.4, 0.5) is 16.3 Å². The molecule has 7 heteroatoms. The van der Waals surface area contributed by atoms with Crippen LogP contribution in [0.3, 0.4) is 0 Å². The SMILES string of the molecule is CC(C)Cc1nc(N2CCN(C(=O)Nc3cccc4ccccc34)CC2)c2c3c(sc2n1)CC(C)CC3. The number of piperazine rings is 1. The van der Waals surface area contributed by atoms with Gasteiger partial charge in [0.05, 0.1) is 11.1 Å². The monoisotopic (exact) mass is 513 g/mol. The van der Waals surface area contributed by atoms with Gasteiger partial charge in [-0.25, -0.2) is 14.8 Å². The first-order valence-corrected chi connectivity index (χ1v) is 14.4. The summed E-state index contributed by atoms with van der Waals surface area (Å²) >= 11 is 1.88. The number of hydrogen-bond acceptors (Lipinski definition) is 5. The molecule has 0 saturated carbocycles. The van der Waals surface area contributed by atoms with Crippen molar-refractivity contribution in [3.05, 3.63) is 58.7 Å². The number of fused-ring (bicyclic) bond motifs is 4. The highest BCUT2D eigenvalue weighted by atomic mass is 32.1. The van der Waals surface area contributed by atoms with Gasteiger partial charge in [0.25, 0.3) is 0 Å². The lowest BCUT2D eigenvalue weighted by atomic mass is 9.89. The fourth-order valence-corrected chi connectivity index (χ4v) is 7.10. The molecule has 1 aliphatic heterocycles. The van der Waals surface area contributed by atoms with Gasteiger partial charge in [-0.05, 0) is 48.1 Å². The lowest BCUT2D eigenvalue weighted by molar-refractivity contribution is 0.208. The van der Waals surface area contributed by atoms with Crippen LogP contribution < -0.4 is 10.2 Å². The number of aryl methyl sites for hydroxylation is 1. The molecule has 2 aliphatic rings. The third kappa shape index (κ3) is 4.77. The van der Waals surface area contributed by atoms with Crippen molar-refractivity contribution in [3.8, 4) is 0 Å². The second kappa shape index (κ2) is 9.93. The van der Waals surface area contributed by atoms with Crippen LogP contribution in [0.25, 0.3) is 21.0 Å². The highest BCUT2D eigenvalue weighted by Gasteiger charge is 2.29. The molecule has 2 aromatic heterocycles. The Bertz CT molecular complexity index is 1450. The molecule has 2 aromatic carbocycles. The maximum Gasteiger partial charge on any atom is 0.321 e. The summed E-state index contributed by atoms with van der Waals surface area (Å²) in [5, 5.41) is 6.62. The van der Waals surface area contributed by atoms with Crippen LogP contribution in [0.15, 0.2) is 42.5 Å². The number of rotatable bonds is 4. The van der Waals surface area contributed by atoms with Crippen molar-refractivity contribution in [1.29, 1.82) is 0 Å². The van der Waals surface area contributed by atoms with Crippen molar-refractivity contribution in [3.63, 3.8) is 0 Å². The fraction of sp³-hybridized carbons (Fsp3) is 0.433. The van der Waals surface area contributed by atoms with Crippen LogP contribution in [0.2, 0.25) is 0 Å². The predicted octanol–water partition coefficient (Wildman–Crippen LogP) is 6.52. The topological polar surface area (TPSA) is 61.4 Å². The number of nitrogens with one attached hydrogen (secondary N) is 1. The third-order valence-electron chi connectivity index (χ3n) is 7.67. The molecule has 6 rings (SSSR count). The molecule has 0 spiro atoms. The summed E-state index contributed by atoms with van der Waals surface area (Å²) in [6.45, 7) is 9.69. The first-order valence-electron chi connectivity index (χ1n) is 13.6. The first-order chi connectivity index (χ1) is 18.0. The van der Waals surface area contributed by atoms with Gasteiger partial charge in [0.2, 0.25) is 0 Å². The van der Waals surface area contributed by atoms with E-state index in [2.05, 4.69) is 49.2 Å². The van der Waals surface area contributed by atoms with Gasteiger partial charge in [0.1, 0.15) is 16.5 Å². The summed E-state index contributed by atoms with van der Waals surface area (Å²) in [6, 6.07) is 14.2. The van der Waals surface area contributed by atoms with E-state index in [0.717, 1.165) is 71.2 Å². The van der Waals surface area contributed by atoms with E-state index in [0.29, 0.717) is 19.0 Å². The molecule has 1 fully saturated rings. The van der Waals surface area contributed by atoms with Crippen LogP contribution in [-0.4, -0.2) is 47.1 Å². The molecule has 2 amide bonds. The van der Waals surface area contributed by atoms with Crippen LogP contribution in [0.5, 0.6) is 0 Å². The number of benzene rings is 2. The number of aromatic nitrogens is 2. The molecular formula is C30H35N5OS. The number of nitrogens with zero attached hydrogens (tertiary/aromatic N) is 4. The predicted molar refractivity (Wildman–Crippen MR) is 154 cm³/mol. The fourth-order valence-electron chi connectivity index (χ4n) is 5.70. The van der Waals surface area contributed by atoms with E-state index in [1.54, 1.807) is 0 Å². The van der Waals surface area contributed by atoms with Gasteiger partial charge in [-0.1, -0.05) is 57.2 Å². The lowest BCUT2D eigenvalue weighted by Crippen LogP contribution is -2.50. The first kappa shape index (κ1) is 24.2. The molecule has 1 saturated heterocycles. The van der Waals surface area contributed by atoms with E-state index in [4.69, 9.17) is 9.97 Å². The van der Waals surface area contributed by atoms with Crippen LogP contribution >= 0.6 is 11.3 Å². The van der Waals surface area contributed by atoms with Crippen molar-refractivity contribution in [1.82, 2.24) is 14.9 Å². The minimum absolute atomic E-state index is 0.0359. The smallest absolute Gasteiger partial charge is 0.321 e. The van der Waals surface area contributed by atoms with Gasteiger partial charge in [-0.3, -0.25) is 0 Å². The number of anilines is 2. The zero-order valence-electron chi connectivity index (χ0n) is 22.0. The highest BCUT2D eigenvalue weighted by Crippen LogP contribution is 2.41. The quantitative estimate of drug-likeness (QED) is 0.337. The van der Waals surface area contributed by atoms with E-state index in [1.807, 2.05) is 40.5 Å². The van der Waals surface area contributed by atoms with E-state index in [1.165, 1.54) is 22.2 Å². The molecule has 1 aliphatic carbocycles. The number of carbonyl (C=O) groups is 1. The van der Waals surface area contributed by atoms with Gasteiger partial charge < -0.3 is 15.1 Å². The molecule has 4 aromatic rings. The Morgan fingerprint density at radius 2 is 1.86 bits per heavy atom. The number of amides is 2. The summed E-state index contributed by atoms with van der Waals surface area (Å²) in [4.78, 5) is 30.3. The minimum atomic E-state index is -0.0359. The molecule has 1 atom stereocenters. The summed E-state index contributed by atoms with van der Waals surface area (Å²) in [5.74, 6) is 3.27. The van der Waals surface area contributed by atoms with Crippen molar-refractivity contribution < 1.29 is 4.79 Å². The maximum atomic E-state index is 13.2. The van der Waals surface area contributed by atoms with Crippen LogP contribution in [0, 0.1) is 11.8 Å². The zero-order valence-corrected chi connectivity index (χ0v) is 22.8. The van der Waals surface area contributed by atoms with Gasteiger partial charge in [-0.2, -0.15) is 0 Å². The molecule has 3 heterocycles. The number of hydrogen-bond donors (Lipinski definition) is 1. The molecule has 0 bridgehead atoms. The zero-order chi connectivity index (χ0) is 25.5. The molecule has 6 nitrogen and oxygen atoms in total. The Labute approximate surface area is 222 Å². The van der Waals surface area contributed by atoms with Gasteiger partial charge in [0, 0.05) is 42.9 Å². The molecule has 1 N–H and O–H groups in total. The maximum absolute atomic E-state index is 13.2. The minimum Gasteiger partial charge on any atom is -0.352 e. The van der Waals surface area contributed by atoms with Crippen molar-refractivity contribution in [2.24, 2.45) is 11.8 Å². The lowest BCUT2D eigenvalue weighted by Gasteiger charge is -2.36. The van der Waals surface area contributed by atoms with E-state index in [9.17, 15) is 4.79 Å². The van der Waals surface area contributed by atoms with Crippen molar-refractivity contribution >= 4 is 49.9 Å². The highest BCUT2D eigenvalue weighted by molar-refractivity contribution is 7.19. The molecule has 192 valence electrons. The Morgan fingerprint density at radius 3 is 2.68 bits per heavy atom. The molecule has 37 heavy (non-hydrogen) atoms. The summed E-state index contributed by atoms with van der Waals surface area (Å²) < 4.78 is 0. The van der Waals surface area contributed by atoms with Gasteiger partial charge in [0.15, 0.2) is 0 Å². The van der Waals surface area contributed by atoms with Crippen LogP contribution in [-0.2, 0) is 19.3 Å². The van der Waals surface area contributed by atoms with E-state index in [-0.39, 0.29) is 6.03 Å². The van der Waals surface area contributed by atoms with Crippen molar-refractivity contribution in [2.75, 3.05) is 36.4 Å². The second-order valence-corrected chi connectivity index (χ2v) is 12.1. The number of urea groups is 1. The average molecular weight is 514 g/mol. The Hall–Kier alpha value is -3.19. The van der Waals surface area contributed by atoms with Crippen LogP contribution in [0.1, 0.15) is 43.5 Å². The van der Waals surface area contributed by atoms with E-state index >= 15 is 0 Å². The van der Waals surface area contributed by atoms with Gasteiger partial charge in [-0.15, -0.1) is 11.3 Å². The Morgan fingerprint density at radius 1 is 1.08 bits per heavy atom. The average Bonchev–Trinajstić information content (AvgIpc) is 3.25. The third-order valence-corrected chi connectivity index (χ3v) is 8.82. The van der Waals surface area contributed by atoms with Crippen molar-refractivity contribution in [2.45, 2.75) is 46.5 Å². The summed E-state index contributed by atoms with van der Waals surface area (Å²) in [6.07, 6.45) is 4.38. The molecule has 1 unspecified atom stereocenters. The Balaban J connectivity index is 1.23. The summed E-state index contributed by atoms with van der Waals surface area (Å²) in [5.41, 5.74) is 2.33. The summed E-state index contributed by atoms with van der Waals surface area (Å²) in [7, 11) is 0. The largest absolute Gasteiger partial charge is 0.352 e. The van der Waals surface area contributed by atoms with Gasteiger partial charge >= 0.3 is 6.03 Å². The standard InChI is InChI=1S/C30H35N5OS/c1-19(2)17-26-32-28(27-23-12-11-20(3)18-25(23)37-29(27)33-26)34-13-15-35(16-14-34)30(36)31-24-10-6-8-21-7-4-5-9-22(21)24/h4-10,19-20H,11-18H2,1-3H3,(H,31,36). The molecule has 0 radical (unpaired) electrons. The second-order valence-electron chi connectivity index (χ2n) is 11.0. The number of thiophene rings is 1. The number of carbonyl (C=O) groups excluding carboxylic acids is 1. The Kier molecular flexibility index (Phi) is 6.49. The normalized spacial score (nSPS) is 18.0. The van der Waals surface area contributed by atoms with E-state index < -0.39 is 0 Å². The molecular weight excluding hydrogens is 478 g/mol.